The van der Waals surface area contributed by atoms with Crippen LogP contribution in [0.1, 0.15) is 24.1 Å². The van der Waals surface area contributed by atoms with Crippen molar-refractivity contribution in [3.8, 4) is 0 Å². The fraction of sp³-hybridized carbons (Fsp3) is 0.500. The number of carbonyl (C=O) groups excluding carboxylic acids is 1. The lowest BCUT2D eigenvalue weighted by Crippen LogP contribution is -2.45. The number of carbonyl (C=O) groups is 1. The third-order valence-corrected chi connectivity index (χ3v) is 3.48. The lowest BCUT2D eigenvalue weighted by molar-refractivity contribution is -0.124. The minimum absolute atomic E-state index is 0. The number of nitrogens with two attached hydrogens (primary N) is 1. The van der Waals surface area contributed by atoms with Gasteiger partial charge in [0.25, 0.3) is 0 Å². The van der Waals surface area contributed by atoms with Gasteiger partial charge < -0.3 is 15.8 Å². The van der Waals surface area contributed by atoms with E-state index in [-0.39, 0.29) is 31.0 Å². The van der Waals surface area contributed by atoms with Crippen LogP contribution in [0.5, 0.6) is 0 Å². The van der Waals surface area contributed by atoms with Gasteiger partial charge in [-0.2, -0.15) is 0 Å². The first-order chi connectivity index (χ1) is 8.63. The molecule has 2 rings (SSSR count). The summed E-state index contributed by atoms with van der Waals surface area (Å²) in [4.78, 5) is 11.9. The van der Waals surface area contributed by atoms with Crippen LogP contribution in [0.15, 0.2) is 24.3 Å². The minimum atomic E-state index is -0.602. The monoisotopic (exact) mass is 284 g/mol. The van der Waals surface area contributed by atoms with Crippen molar-refractivity contribution in [2.45, 2.75) is 25.4 Å². The molecule has 19 heavy (non-hydrogen) atoms. The van der Waals surface area contributed by atoms with E-state index in [0.717, 1.165) is 6.42 Å². The van der Waals surface area contributed by atoms with Crippen LogP contribution in [0.25, 0.3) is 0 Å². The van der Waals surface area contributed by atoms with Crippen molar-refractivity contribution in [2.24, 2.45) is 11.7 Å². The molecule has 0 heterocycles. The molecule has 3 atom stereocenters. The van der Waals surface area contributed by atoms with Gasteiger partial charge in [-0.3, -0.25) is 4.79 Å². The van der Waals surface area contributed by atoms with Gasteiger partial charge in [0, 0.05) is 7.11 Å². The molecule has 0 saturated heterocycles. The molecular weight excluding hydrogens is 264 g/mol. The Hall–Kier alpha value is -1.10. The first kappa shape index (κ1) is 16.0. The highest BCUT2D eigenvalue weighted by molar-refractivity contribution is 5.85. The zero-order chi connectivity index (χ0) is 13.1. The van der Waals surface area contributed by atoms with Gasteiger partial charge in [-0.15, -0.1) is 12.4 Å². The second kappa shape index (κ2) is 6.89. The smallest absolute Gasteiger partial charge is 0.239 e. The number of methoxy groups -OCH3 is 1. The van der Waals surface area contributed by atoms with E-state index in [1.54, 1.807) is 7.11 Å². The number of benzene rings is 1. The summed E-state index contributed by atoms with van der Waals surface area (Å²) in [5, 5.41) is 3.03. The van der Waals surface area contributed by atoms with Crippen molar-refractivity contribution in [3.05, 3.63) is 35.4 Å². The SMILES string of the molecule is COCC(N)C(=O)NC1c2ccccc2CC1C.Cl. The van der Waals surface area contributed by atoms with Gasteiger partial charge in [0.1, 0.15) is 6.04 Å². The predicted octanol–water partition coefficient (Wildman–Crippen LogP) is 1.43. The molecule has 1 aliphatic carbocycles. The Morgan fingerprint density at radius 2 is 2.21 bits per heavy atom. The molecule has 0 aromatic heterocycles. The zero-order valence-corrected chi connectivity index (χ0v) is 12.1. The number of ether oxygens (including phenoxy) is 1. The lowest BCUT2D eigenvalue weighted by atomic mass is 10.0. The molecule has 1 aliphatic rings. The van der Waals surface area contributed by atoms with E-state index in [2.05, 4.69) is 24.4 Å². The van der Waals surface area contributed by atoms with E-state index < -0.39 is 6.04 Å². The number of hydrogen-bond donors (Lipinski definition) is 2. The maximum Gasteiger partial charge on any atom is 0.239 e. The maximum absolute atomic E-state index is 11.9. The van der Waals surface area contributed by atoms with Gasteiger partial charge in [0.2, 0.25) is 5.91 Å². The molecule has 1 aromatic carbocycles. The van der Waals surface area contributed by atoms with Crippen LogP contribution in [0.4, 0.5) is 0 Å². The van der Waals surface area contributed by atoms with Gasteiger partial charge >= 0.3 is 0 Å². The van der Waals surface area contributed by atoms with Crippen LogP contribution < -0.4 is 11.1 Å². The van der Waals surface area contributed by atoms with Crippen LogP contribution in [-0.4, -0.2) is 25.7 Å². The topological polar surface area (TPSA) is 64.3 Å². The average Bonchev–Trinajstić information content (AvgIpc) is 2.66. The van der Waals surface area contributed by atoms with Gasteiger partial charge in [-0.1, -0.05) is 31.2 Å². The molecule has 0 saturated carbocycles. The molecule has 0 spiro atoms. The lowest BCUT2D eigenvalue weighted by Gasteiger charge is -2.21. The van der Waals surface area contributed by atoms with E-state index >= 15 is 0 Å². The summed E-state index contributed by atoms with van der Waals surface area (Å²) < 4.78 is 4.90. The van der Waals surface area contributed by atoms with Crippen LogP contribution in [0.2, 0.25) is 0 Å². The van der Waals surface area contributed by atoms with Gasteiger partial charge in [-0.05, 0) is 23.5 Å². The Morgan fingerprint density at radius 1 is 1.53 bits per heavy atom. The van der Waals surface area contributed by atoms with E-state index in [9.17, 15) is 4.79 Å². The Kier molecular flexibility index (Phi) is 5.79. The summed E-state index contributed by atoms with van der Waals surface area (Å²) in [7, 11) is 1.54. The highest BCUT2D eigenvalue weighted by Crippen LogP contribution is 2.35. The molecule has 5 heteroatoms. The van der Waals surface area contributed by atoms with Crippen molar-refractivity contribution in [1.82, 2.24) is 5.32 Å². The second-order valence-electron chi connectivity index (χ2n) is 4.93. The number of fused-ring (bicyclic) bond motifs is 1. The normalized spacial score (nSPS) is 22.3. The number of rotatable bonds is 4. The Morgan fingerprint density at radius 3 is 2.89 bits per heavy atom. The molecule has 0 bridgehead atoms. The maximum atomic E-state index is 11.9. The van der Waals surface area contributed by atoms with E-state index in [4.69, 9.17) is 10.5 Å². The van der Waals surface area contributed by atoms with Crippen molar-refractivity contribution < 1.29 is 9.53 Å². The molecular formula is C14H21ClN2O2. The Labute approximate surface area is 120 Å². The number of amides is 1. The Balaban J connectivity index is 0.00000180. The summed E-state index contributed by atoms with van der Waals surface area (Å²) in [6, 6.07) is 7.70. The molecule has 3 unspecified atom stereocenters. The summed E-state index contributed by atoms with van der Waals surface area (Å²) in [5.74, 6) is 0.256. The standard InChI is InChI=1S/C14H20N2O2.ClH/c1-9-7-10-5-3-4-6-11(10)13(9)16-14(17)12(15)8-18-2;/h3-6,9,12-13H,7-8,15H2,1-2H3,(H,16,17);1H. The molecule has 0 fully saturated rings. The average molecular weight is 285 g/mol. The van der Waals surface area contributed by atoms with Crippen LogP contribution in [0, 0.1) is 5.92 Å². The Bertz CT molecular complexity index is 439. The van der Waals surface area contributed by atoms with Crippen molar-refractivity contribution in [1.29, 1.82) is 0 Å². The fourth-order valence-electron chi connectivity index (χ4n) is 2.53. The first-order valence-electron chi connectivity index (χ1n) is 6.26. The molecule has 3 N–H and O–H groups in total. The molecule has 1 amide bonds. The number of hydrogen-bond acceptors (Lipinski definition) is 3. The summed E-state index contributed by atoms with van der Waals surface area (Å²) in [5.41, 5.74) is 8.26. The highest BCUT2D eigenvalue weighted by Gasteiger charge is 2.31. The third kappa shape index (κ3) is 3.47. The van der Waals surface area contributed by atoms with E-state index in [0.29, 0.717) is 5.92 Å². The molecule has 0 radical (unpaired) electrons. The number of nitrogens with one attached hydrogen (secondary N) is 1. The van der Waals surface area contributed by atoms with Crippen LogP contribution in [0.3, 0.4) is 0 Å². The van der Waals surface area contributed by atoms with Gasteiger partial charge in [-0.25, -0.2) is 0 Å². The fourth-order valence-corrected chi connectivity index (χ4v) is 2.53. The number of halogens is 1. The summed E-state index contributed by atoms with van der Waals surface area (Å²) >= 11 is 0. The highest BCUT2D eigenvalue weighted by atomic mass is 35.5. The second-order valence-corrected chi connectivity index (χ2v) is 4.93. The first-order valence-corrected chi connectivity index (χ1v) is 6.26. The van der Waals surface area contributed by atoms with E-state index in [1.807, 2.05) is 12.1 Å². The minimum Gasteiger partial charge on any atom is -0.383 e. The predicted molar refractivity (Wildman–Crippen MR) is 77.3 cm³/mol. The van der Waals surface area contributed by atoms with E-state index in [1.165, 1.54) is 11.1 Å². The van der Waals surface area contributed by atoms with Crippen molar-refractivity contribution >= 4 is 18.3 Å². The van der Waals surface area contributed by atoms with Gasteiger partial charge in [0.05, 0.1) is 12.6 Å². The van der Waals surface area contributed by atoms with Gasteiger partial charge in [0.15, 0.2) is 0 Å². The summed E-state index contributed by atoms with van der Waals surface area (Å²) in [6.45, 7) is 2.39. The third-order valence-electron chi connectivity index (χ3n) is 3.48. The zero-order valence-electron chi connectivity index (χ0n) is 11.3. The van der Waals surface area contributed by atoms with Crippen molar-refractivity contribution in [3.63, 3.8) is 0 Å². The molecule has 0 aliphatic heterocycles. The largest absolute Gasteiger partial charge is 0.383 e. The molecule has 1 aromatic rings. The quantitative estimate of drug-likeness (QED) is 0.879. The van der Waals surface area contributed by atoms with Crippen LogP contribution in [-0.2, 0) is 16.0 Å². The van der Waals surface area contributed by atoms with Crippen molar-refractivity contribution in [2.75, 3.05) is 13.7 Å². The summed E-state index contributed by atoms with van der Waals surface area (Å²) in [6.07, 6.45) is 1.00. The molecule has 4 nitrogen and oxygen atoms in total. The van der Waals surface area contributed by atoms with Crippen LogP contribution >= 0.6 is 12.4 Å². The molecule has 106 valence electrons.